The van der Waals surface area contributed by atoms with Crippen LogP contribution in [0.15, 0.2) is 0 Å². The van der Waals surface area contributed by atoms with E-state index < -0.39 is 0 Å². The SMILES string of the molecule is CCCCCCCCOCCCO. The highest BCUT2D eigenvalue weighted by molar-refractivity contribution is 4.43. The maximum atomic E-state index is 8.49. The van der Waals surface area contributed by atoms with Crippen LogP contribution in [-0.2, 0) is 4.74 Å². The molecule has 0 unspecified atom stereocenters. The van der Waals surface area contributed by atoms with E-state index in [0.717, 1.165) is 13.0 Å². The molecule has 0 fully saturated rings. The van der Waals surface area contributed by atoms with Crippen molar-refractivity contribution < 1.29 is 9.84 Å². The van der Waals surface area contributed by atoms with Gasteiger partial charge in [-0.15, -0.1) is 0 Å². The first kappa shape index (κ1) is 12.9. The van der Waals surface area contributed by atoms with Crippen molar-refractivity contribution in [3.8, 4) is 0 Å². The Morgan fingerprint density at radius 3 is 2.15 bits per heavy atom. The summed E-state index contributed by atoms with van der Waals surface area (Å²) in [5.41, 5.74) is 0. The molecule has 0 rings (SSSR count). The van der Waals surface area contributed by atoms with E-state index in [1.807, 2.05) is 0 Å². The number of aliphatic hydroxyl groups is 1. The van der Waals surface area contributed by atoms with Crippen molar-refractivity contribution in [2.24, 2.45) is 0 Å². The van der Waals surface area contributed by atoms with Gasteiger partial charge >= 0.3 is 0 Å². The summed E-state index contributed by atoms with van der Waals surface area (Å²) < 4.78 is 5.32. The zero-order chi connectivity index (χ0) is 9.78. The van der Waals surface area contributed by atoms with Gasteiger partial charge in [0.25, 0.3) is 0 Å². The Morgan fingerprint density at radius 2 is 1.46 bits per heavy atom. The maximum Gasteiger partial charge on any atom is 0.0487 e. The molecule has 0 bridgehead atoms. The molecule has 0 aliphatic rings. The van der Waals surface area contributed by atoms with E-state index in [4.69, 9.17) is 9.84 Å². The van der Waals surface area contributed by atoms with Crippen LogP contribution in [0.5, 0.6) is 0 Å². The molecule has 80 valence electrons. The van der Waals surface area contributed by atoms with Crippen molar-refractivity contribution in [2.45, 2.75) is 51.9 Å². The number of ether oxygens (including phenoxy) is 1. The number of aliphatic hydroxyl groups excluding tert-OH is 1. The molecule has 0 aliphatic heterocycles. The number of rotatable bonds is 10. The second kappa shape index (κ2) is 11.9. The van der Waals surface area contributed by atoms with Gasteiger partial charge in [0.05, 0.1) is 0 Å². The normalized spacial score (nSPS) is 10.6. The van der Waals surface area contributed by atoms with Gasteiger partial charge in [0.2, 0.25) is 0 Å². The summed E-state index contributed by atoms with van der Waals surface area (Å²) in [5, 5.41) is 8.49. The van der Waals surface area contributed by atoms with Crippen molar-refractivity contribution in [1.82, 2.24) is 0 Å². The zero-order valence-electron chi connectivity index (χ0n) is 8.93. The Balaban J connectivity index is 2.76. The molecule has 13 heavy (non-hydrogen) atoms. The molecule has 0 aliphatic carbocycles. The summed E-state index contributed by atoms with van der Waals surface area (Å²) in [6.45, 7) is 4.06. The molecule has 0 amide bonds. The first-order valence-electron chi connectivity index (χ1n) is 5.60. The molecule has 1 N–H and O–H groups in total. The molecular weight excluding hydrogens is 164 g/mol. The van der Waals surface area contributed by atoms with Crippen molar-refractivity contribution >= 4 is 0 Å². The van der Waals surface area contributed by atoms with Gasteiger partial charge in [-0.05, 0) is 12.8 Å². The number of unbranched alkanes of at least 4 members (excludes halogenated alkanes) is 5. The molecule has 0 radical (unpaired) electrons. The predicted molar refractivity (Wildman–Crippen MR) is 55.9 cm³/mol. The highest BCUT2D eigenvalue weighted by Gasteiger charge is 1.90. The average Bonchev–Trinajstić information content (AvgIpc) is 2.16. The lowest BCUT2D eigenvalue weighted by molar-refractivity contribution is 0.112. The van der Waals surface area contributed by atoms with Crippen LogP contribution in [0.2, 0.25) is 0 Å². The van der Waals surface area contributed by atoms with Gasteiger partial charge in [-0.25, -0.2) is 0 Å². The summed E-state index contributed by atoms with van der Waals surface area (Å²) in [5.74, 6) is 0. The van der Waals surface area contributed by atoms with Gasteiger partial charge < -0.3 is 9.84 Å². The molecule has 0 atom stereocenters. The minimum Gasteiger partial charge on any atom is -0.396 e. The predicted octanol–water partition coefficient (Wildman–Crippen LogP) is 2.75. The van der Waals surface area contributed by atoms with Crippen LogP contribution in [0, 0.1) is 0 Å². The Morgan fingerprint density at radius 1 is 0.846 bits per heavy atom. The van der Waals surface area contributed by atoms with Crippen LogP contribution in [0.4, 0.5) is 0 Å². The van der Waals surface area contributed by atoms with Gasteiger partial charge in [-0.2, -0.15) is 0 Å². The van der Waals surface area contributed by atoms with E-state index in [2.05, 4.69) is 6.92 Å². The van der Waals surface area contributed by atoms with Crippen molar-refractivity contribution in [3.63, 3.8) is 0 Å². The fourth-order valence-electron chi connectivity index (χ4n) is 1.25. The van der Waals surface area contributed by atoms with Crippen LogP contribution in [0.1, 0.15) is 51.9 Å². The quantitative estimate of drug-likeness (QED) is 0.534. The van der Waals surface area contributed by atoms with Crippen LogP contribution >= 0.6 is 0 Å². The van der Waals surface area contributed by atoms with Gasteiger partial charge in [0, 0.05) is 19.8 Å². The first-order valence-corrected chi connectivity index (χ1v) is 5.60. The minimum atomic E-state index is 0.247. The molecule has 0 saturated heterocycles. The summed E-state index contributed by atoms with van der Waals surface area (Å²) in [4.78, 5) is 0. The molecule has 2 heteroatoms. The fraction of sp³-hybridized carbons (Fsp3) is 1.00. The Hall–Kier alpha value is -0.0800. The lowest BCUT2D eigenvalue weighted by Gasteiger charge is -2.02. The van der Waals surface area contributed by atoms with E-state index in [0.29, 0.717) is 6.61 Å². The van der Waals surface area contributed by atoms with Gasteiger partial charge in [-0.1, -0.05) is 39.0 Å². The van der Waals surface area contributed by atoms with Crippen LogP contribution in [-0.4, -0.2) is 24.9 Å². The molecule has 2 nitrogen and oxygen atoms in total. The second-order valence-corrected chi connectivity index (χ2v) is 3.46. The Kier molecular flexibility index (Phi) is 11.8. The van der Waals surface area contributed by atoms with Crippen molar-refractivity contribution in [1.29, 1.82) is 0 Å². The number of hydrogen-bond acceptors (Lipinski definition) is 2. The molecule has 0 aromatic heterocycles. The zero-order valence-corrected chi connectivity index (χ0v) is 8.93. The summed E-state index contributed by atoms with van der Waals surface area (Å²) >= 11 is 0. The van der Waals surface area contributed by atoms with Gasteiger partial charge in [-0.3, -0.25) is 0 Å². The Bertz CT molecular complexity index is 74.2. The second-order valence-electron chi connectivity index (χ2n) is 3.46. The summed E-state index contributed by atoms with van der Waals surface area (Å²) in [6.07, 6.45) is 8.63. The van der Waals surface area contributed by atoms with Crippen LogP contribution in [0.25, 0.3) is 0 Å². The topological polar surface area (TPSA) is 29.5 Å². The fourth-order valence-corrected chi connectivity index (χ4v) is 1.25. The van der Waals surface area contributed by atoms with Crippen molar-refractivity contribution in [3.05, 3.63) is 0 Å². The van der Waals surface area contributed by atoms with Crippen LogP contribution < -0.4 is 0 Å². The number of hydrogen-bond donors (Lipinski definition) is 1. The highest BCUT2D eigenvalue weighted by atomic mass is 16.5. The maximum absolute atomic E-state index is 8.49. The third kappa shape index (κ3) is 11.9. The van der Waals surface area contributed by atoms with E-state index in [9.17, 15) is 0 Å². The summed E-state index contributed by atoms with van der Waals surface area (Å²) in [6, 6.07) is 0. The molecule has 0 aromatic rings. The monoisotopic (exact) mass is 188 g/mol. The highest BCUT2D eigenvalue weighted by Crippen LogP contribution is 2.04. The van der Waals surface area contributed by atoms with E-state index in [-0.39, 0.29) is 6.61 Å². The average molecular weight is 188 g/mol. The van der Waals surface area contributed by atoms with E-state index in [1.165, 1.54) is 38.5 Å². The lowest BCUT2D eigenvalue weighted by Crippen LogP contribution is -1.98. The van der Waals surface area contributed by atoms with Gasteiger partial charge in [0.15, 0.2) is 0 Å². The van der Waals surface area contributed by atoms with Crippen LogP contribution in [0.3, 0.4) is 0 Å². The molecule has 0 aromatic carbocycles. The van der Waals surface area contributed by atoms with E-state index >= 15 is 0 Å². The van der Waals surface area contributed by atoms with Gasteiger partial charge in [0.1, 0.15) is 0 Å². The molecule has 0 heterocycles. The smallest absolute Gasteiger partial charge is 0.0487 e. The minimum absolute atomic E-state index is 0.247. The van der Waals surface area contributed by atoms with Crippen molar-refractivity contribution in [2.75, 3.05) is 19.8 Å². The third-order valence-corrected chi connectivity index (χ3v) is 2.09. The van der Waals surface area contributed by atoms with E-state index in [1.54, 1.807) is 0 Å². The lowest BCUT2D eigenvalue weighted by atomic mass is 10.1. The molecule has 0 saturated carbocycles. The first-order chi connectivity index (χ1) is 6.41. The largest absolute Gasteiger partial charge is 0.396 e. The molecule has 0 spiro atoms. The Labute approximate surface area is 82.3 Å². The standard InChI is InChI=1S/C11H24O2/c1-2-3-4-5-6-7-10-13-11-8-9-12/h12H,2-11H2,1H3. The third-order valence-electron chi connectivity index (χ3n) is 2.09. The molecular formula is C11H24O2. The summed E-state index contributed by atoms with van der Waals surface area (Å²) in [7, 11) is 0.